The van der Waals surface area contributed by atoms with Gasteiger partial charge >= 0.3 is 0 Å². The first kappa shape index (κ1) is 31.9. The zero-order valence-electron chi connectivity index (χ0n) is 30.2. The summed E-state index contributed by atoms with van der Waals surface area (Å²) in [5.41, 5.74) is 19.1. The van der Waals surface area contributed by atoms with Crippen molar-refractivity contribution < 1.29 is 0 Å². The molecule has 0 radical (unpaired) electrons. The van der Waals surface area contributed by atoms with Gasteiger partial charge in [-0.2, -0.15) is 5.26 Å². The number of hydrogen-bond donors (Lipinski definition) is 0. The van der Waals surface area contributed by atoms with Gasteiger partial charge in [-0.05, 0) is 97.1 Å². The van der Waals surface area contributed by atoms with Gasteiger partial charge in [0.1, 0.15) is 0 Å². The number of aromatic nitrogens is 1. The van der Waals surface area contributed by atoms with Gasteiger partial charge in [0.15, 0.2) is 0 Å². The molecule has 10 rings (SSSR count). The third-order valence-corrected chi connectivity index (χ3v) is 11.8. The van der Waals surface area contributed by atoms with E-state index in [-0.39, 0.29) is 5.41 Å². The molecule has 8 aromatic rings. The van der Waals surface area contributed by atoms with Crippen LogP contribution in [-0.2, 0) is 10.8 Å². The Bertz CT molecular complexity index is 2750. The smallest absolute Gasteiger partial charge is 0.0991 e. The quantitative estimate of drug-likeness (QED) is 0.185. The van der Waals surface area contributed by atoms with Crippen molar-refractivity contribution in [2.75, 3.05) is 0 Å². The number of rotatable bonds is 4. The molecule has 0 amide bonds. The molecule has 0 N–H and O–H groups in total. The second-order valence-corrected chi connectivity index (χ2v) is 15.0. The van der Waals surface area contributed by atoms with E-state index in [4.69, 9.17) is 4.98 Å². The lowest BCUT2D eigenvalue weighted by atomic mass is 9.55. The van der Waals surface area contributed by atoms with Crippen molar-refractivity contribution in [1.29, 1.82) is 5.26 Å². The number of hydrogen-bond acceptors (Lipinski definition) is 2. The Labute approximate surface area is 316 Å². The van der Waals surface area contributed by atoms with Gasteiger partial charge < -0.3 is 0 Å². The molecule has 0 saturated carbocycles. The number of nitriles is 1. The molecule has 1 aromatic heterocycles. The van der Waals surface area contributed by atoms with Crippen molar-refractivity contribution >= 4 is 0 Å². The Morgan fingerprint density at radius 1 is 0.389 bits per heavy atom. The summed E-state index contributed by atoms with van der Waals surface area (Å²) in [6.45, 7) is 4.74. The highest BCUT2D eigenvalue weighted by molar-refractivity contribution is 5.90. The summed E-state index contributed by atoms with van der Waals surface area (Å²) in [7, 11) is 0. The van der Waals surface area contributed by atoms with Crippen LogP contribution < -0.4 is 0 Å². The Morgan fingerprint density at radius 3 is 1.56 bits per heavy atom. The van der Waals surface area contributed by atoms with Gasteiger partial charge in [-0.3, -0.25) is 0 Å². The zero-order chi connectivity index (χ0) is 36.4. The summed E-state index contributed by atoms with van der Waals surface area (Å²) < 4.78 is 0. The Balaban J connectivity index is 1.12. The van der Waals surface area contributed by atoms with Crippen molar-refractivity contribution in [2.45, 2.75) is 24.7 Å². The second-order valence-electron chi connectivity index (χ2n) is 15.0. The maximum absolute atomic E-state index is 9.61. The third kappa shape index (κ3) is 4.69. The van der Waals surface area contributed by atoms with Crippen molar-refractivity contribution in [2.24, 2.45) is 0 Å². The van der Waals surface area contributed by atoms with Crippen molar-refractivity contribution in [1.82, 2.24) is 4.98 Å². The maximum Gasteiger partial charge on any atom is 0.0991 e. The molecule has 2 heteroatoms. The summed E-state index contributed by atoms with van der Waals surface area (Å²) >= 11 is 0. The number of nitrogens with zero attached hydrogens (tertiary/aromatic N) is 2. The van der Waals surface area contributed by atoms with E-state index in [1.165, 1.54) is 50.1 Å². The predicted octanol–water partition coefficient (Wildman–Crippen LogP) is 12.6. The van der Waals surface area contributed by atoms with Crippen LogP contribution in [0.1, 0.15) is 52.8 Å². The molecule has 0 bridgehead atoms. The molecular formula is C52H36N2. The lowest BCUT2D eigenvalue weighted by molar-refractivity contribution is 0.563. The normalized spacial score (nSPS) is 14.0. The Kier molecular flexibility index (Phi) is 7.16. The van der Waals surface area contributed by atoms with E-state index < -0.39 is 5.41 Å². The average molecular weight is 689 g/mol. The van der Waals surface area contributed by atoms with E-state index in [1.807, 2.05) is 36.4 Å². The van der Waals surface area contributed by atoms with E-state index in [9.17, 15) is 5.26 Å². The van der Waals surface area contributed by atoms with Gasteiger partial charge in [0.2, 0.25) is 0 Å². The van der Waals surface area contributed by atoms with Crippen molar-refractivity contribution in [3.63, 3.8) is 0 Å². The van der Waals surface area contributed by atoms with Crippen LogP contribution in [0.15, 0.2) is 182 Å². The highest BCUT2D eigenvalue weighted by Crippen LogP contribution is 2.62. The molecule has 1 spiro atoms. The number of benzene rings is 7. The van der Waals surface area contributed by atoms with Gasteiger partial charge in [0.25, 0.3) is 0 Å². The highest BCUT2D eigenvalue weighted by atomic mass is 14.7. The molecule has 7 aromatic carbocycles. The third-order valence-electron chi connectivity index (χ3n) is 11.8. The van der Waals surface area contributed by atoms with Crippen LogP contribution in [-0.4, -0.2) is 4.98 Å². The second kappa shape index (κ2) is 12.1. The lowest BCUT2D eigenvalue weighted by Crippen LogP contribution is -2.40. The molecule has 0 fully saturated rings. The lowest BCUT2D eigenvalue weighted by Gasteiger charge is -2.46. The predicted molar refractivity (Wildman–Crippen MR) is 220 cm³/mol. The van der Waals surface area contributed by atoms with Gasteiger partial charge in [-0.1, -0.05) is 166 Å². The first-order chi connectivity index (χ1) is 26.5. The van der Waals surface area contributed by atoms with Crippen molar-refractivity contribution in [3.8, 4) is 62.0 Å². The van der Waals surface area contributed by atoms with Gasteiger partial charge in [-0.25, -0.2) is 4.98 Å². The standard InChI is InChI=1S/C52H36N2/c1-51(2)44-19-8-10-21-46(44)52(47-22-11-9-20-45(47)51)43-18-7-6-17-41(43)42-28-27-39(30-48(42)52)35-23-25-37(26-24-35)50-32-40(38-16-12-13-34(29-38)33-53)31-49(54-50)36-14-4-3-5-15-36/h3-32H,1-2H3. The first-order valence-corrected chi connectivity index (χ1v) is 18.6. The topological polar surface area (TPSA) is 36.7 Å². The number of pyridine rings is 1. The van der Waals surface area contributed by atoms with E-state index in [0.717, 1.165) is 39.2 Å². The fourth-order valence-electron chi connectivity index (χ4n) is 9.24. The Hall–Kier alpha value is -6.82. The largest absolute Gasteiger partial charge is 0.248 e. The van der Waals surface area contributed by atoms with E-state index >= 15 is 0 Å². The fourth-order valence-corrected chi connectivity index (χ4v) is 9.24. The molecule has 254 valence electrons. The maximum atomic E-state index is 9.61. The van der Waals surface area contributed by atoms with Gasteiger partial charge in [0.05, 0.1) is 28.4 Å². The minimum absolute atomic E-state index is 0.131. The van der Waals surface area contributed by atoms with Gasteiger partial charge in [0, 0.05) is 16.5 Å². The minimum atomic E-state index is -0.425. The molecular weight excluding hydrogens is 653 g/mol. The monoisotopic (exact) mass is 688 g/mol. The molecule has 0 unspecified atom stereocenters. The Morgan fingerprint density at radius 2 is 0.889 bits per heavy atom. The van der Waals surface area contributed by atoms with Crippen LogP contribution in [0.2, 0.25) is 0 Å². The molecule has 2 nitrogen and oxygen atoms in total. The number of fused-ring (bicyclic) bond motifs is 9. The first-order valence-electron chi connectivity index (χ1n) is 18.6. The zero-order valence-corrected chi connectivity index (χ0v) is 30.2. The van der Waals surface area contributed by atoms with E-state index in [2.05, 4.69) is 166 Å². The molecule has 2 aliphatic carbocycles. The van der Waals surface area contributed by atoms with Crippen LogP contribution in [0, 0.1) is 11.3 Å². The summed E-state index contributed by atoms with van der Waals surface area (Å²) in [4.78, 5) is 5.16. The molecule has 2 aliphatic rings. The minimum Gasteiger partial charge on any atom is -0.248 e. The SMILES string of the molecule is CC1(C)c2ccccc2C2(c3ccccc3-c3ccc(-c4ccc(-c5cc(-c6cccc(C#N)c6)cc(-c6ccccc6)n5)cc4)cc32)c2ccccc21. The molecule has 1 heterocycles. The molecule has 54 heavy (non-hydrogen) atoms. The van der Waals surface area contributed by atoms with Crippen LogP contribution in [0.25, 0.3) is 55.9 Å². The fraction of sp³-hybridized carbons (Fsp3) is 0.0769. The molecule has 0 atom stereocenters. The van der Waals surface area contributed by atoms with E-state index in [1.54, 1.807) is 0 Å². The van der Waals surface area contributed by atoms with Crippen LogP contribution in [0.5, 0.6) is 0 Å². The van der Waals surface area contributed by atoms with Crippen LogP contribution in [0.4, 0.5) is 0 Å². The summed E-state index contributed by atoms with van der Waals surface area (Å²) in [5, 5.41) is 9.61. The summed E-state index contributed by atoms with van der Waals surface area (Å²) in [6.07, 6.45) is 0. The molecule has 0 aliphatic heterocycles. The van der Waals surface area contributed by atoms with Crippen molar-refractivity contribution in [3.05, 3.63) is 221 Å². The van der Waals surface area contributed by atoms with Crippen LogP contribution in [0.3, 0.4) is 0 Å². The summed E-state index contributed by atoms with van der Waals surface area (Å²) in [6, 6.07) is 67.7. The highest BCUT2D eigenvalue weighted by Gasteiger charge is 2.53. The average Bonchev–Trinajstić information content (AvgIpc) is 3.53. The van der Waals surface area contributed by atoms with Gasteiger partial charge in [-0.15, -0.1) is 0 Å². The summed E-state index contributed by atoms with van der Waals surface area (Å²) in [5.74, 6) is 0. The van der Waals surface area contributed by atoms with Crippen LogP contribution >= 0.6 is 0 Å². The van der Waals surface area contributed by atoms with E-state index in [0.29, 0.717) is 5.56 Å². The molecule has 0 saturated heterocycles.